The normalized spacial score (nSPS) is 21.9. The zero-order chi connectivity index (χ0) is 25.3. The maximum atomic E-state index is 13.7. The van der Waals surface area contributed by atoms with Crippen LogP contribution in [-0.4, -0.2) is 31.9 Å². The van der Waals surface area contributed by atoms with Crippen molar-refractivity contribution in [2.45, 2.75) is 39.7 Å². The minimum absolute atomic E-state index is 0.0808. The van der Waals surface area contributed by atoms with Crippen LogP contribution >= 0.6 is 11.3 Å². The van der Waals surface area contributed by atoms with Gasteiger partial charge in [-0.05, 0) is 56.0 Å². The Balaban J connectivity index is 1.69. The van der Waals surface area contributed by atoms with Crippen molar-refractivity contribution in [3.63, 3.8) is 0 Å². The molecule has 2 aromatic rings. The molecule has 1 aromatic heterocycles. The summed E-state index contributed by atoms with van der Waals surface area (Å²) < 4.78 is 15.8. The van der Waals surface area contributed by atoms with Crippen molar-refractivity contribution in [1.82, 2.24) is 5.32 Å². The van der Waals surface area contributed by atoms with Gasteiger partial charge in [0.2, 0.25) is 0 Å². The number of methoxy groups -OCH3 is 2. The van der Waals surface area contributed by atoms with Gasteiger partial charge in [0.25, 0.3) is 0 Å². The number of ether oxygens (including phenoxy) is 3. The molecule has 0 saturated heterocycles. The van der Waals surface area contributed by atoms with Gasteiger partial charge >= 0.3 is 11.9 Å². The van der Waals surface area contributed by atoms with Gasteiger partial charge in [-0.3, -0.25) is 9.59 Å². The molecule has 184 valence electrons. The van der Waals surface area contributed by atoms with Gasteiger partial charge in [-0.2, -0.15) is 0 Å². The maximum absolute atomic E-state index is 13.7. The van der Waals surface area contributed by atoms with Crippen LogP contribution in [0.2, 0.25) is 0 Å². The molecule has 7 nitrogen and oxygen atoms in total. The number of ketones is 1. The van der Waals surface area contributed by atoms with Gasteiger partial charge in [0.15, 0.2) is 5.78 Å². The van der Waals surface area contributed by atoms with Crippen molar-refractivity contribution in [2.24, 2.45) is 11.8 Å². The molecule has 3 unspecified atom stereocenters. The third kappa shape index (κ3) is 4.75. The summed E-state index contributed by atoms with van der Waals surface area (Å²) in [4.78, 5) is 41.6. The molecule has 1 aliphatic heterocycles. The number of aryl methyl sites for hydroxylation is 1. The van der Waals surface area contributed by atoms with Gasteiger partial charge in [0, 0.05) is 26.7 Å². The Bertz CT molecular complexity index is 1220. The van der Waals surface area contributed by atoms with E-state index in [4.69, 9.17) is 14.2 Å². The molecular weight excluding hydrogens is 466 g/mol. The molecule has 2 aliphatic rings. The minimum atomic E-state index is -0.904. The van der Waals surface area contributed by atoms with Crippen LogP contribution < -0.4 is 10.1 Å². The van der Waals surface area contributed by atoms with E-state index in [-0.39, 0.29) is 18.3 Å². The summed E-state index contributed by atoms with van der Waals surface area (Å²) >= 11 is 1.52. The summed E-state index contributed by atoms with van der Waals surface area (Å²) in [5.74, 6) is -2.38. The Morgan fingerprint density at radius 1 is 1.09 bits per heavy atom. The number of benzene rings is 1. The number of Topliss-reactive ketones (excluding diaryl/α,β-unsaturated/α-hetero) is 1. The molecule has 0 spiro atoms. The molecule has 2 heterocycles. The van der Waals surface area contributed by atoms with Crippen LogP contribution in [0.15, 0.2) is 58.9 Å². The highest BCUT2D eigenvalue weighted by Gasteiger charge is 2.47. The molecule has 0 bridgehead atoms. The first-order valence-corrected chi connectivity index (χ1v) is 12.3. The lowest BCUT2D eigenvalue weighted by molar-refractivity contribution is -0.151. The predicted molar refractivity (Wildman–Crippen MR) is 132 cm³/mol. The number of dihydropyridines is 1. The van der Waals surface area contributed by atoms with Gasteiger partial charge in [0.1, 0.15) is 18.3 Å². The SMILES string of the molecule is COC(=O)C1C(=O)C2=C(CC1C)NC(C)=C(C(=O)OCc1ccc(OC)cc1)C2c1ccc(C)s1. The van der Waals surface area contributed by atoms with Gasteiger partial charge < -0.3 is 19.5 Å². The summed E-state index contributed by atoms with van der Waals surface area (Å²) in [5.41, 5.74) is 3.05. The Hall–Kier alpha value is -3.39. The van der Waals surface area contributed by atoms with Crippen molar-refractivity contribution in [3.8, 4) is 5.75 Å². The van der Waals surface area contributed by atoms with E-state index >= 15 is 0 Å². The van der Waals surface area contributed by atoms with Crippen LogP contribution in [0.3, 0.4) is 0 Å². The molecule has 4 rings (SSSR count). The molecule has 0 saturated carbocycles. The molecule has 0 fully saturated rings. The van der Waals surface area contributed by atoms with E-state index in [1.807, 2.05) is 45.0 Å². The second kappa shape index (κ2) is 10.1. The van der Waals surface area contributed by atoms with Crippen molar-refractivity contribution < 1.29 is 28.6 Å². The van der Waals surface area contributed by atoms with Crippen LogP contribution in [0.1, 0.15) is 41.5 Å². The zero-order valence-electron chi connectivity index (χ0n) is 20.5. The number of carbonyl (C=O) groups excluding carboxylic acids is 3. The minimum Gasteiger partial charge on any atom is -0.497 e. The topological polar surface area (TPSA) is 90.9 Å². The smallest absolute Gasteiger partial charge is 0.337 e. The highest BCUT2D eigenvalue weighted by Crippen LogP contribution is 2.47. The zero-order valence-corrected chi connectivity index (χ0v) is 21.3. The van der Waals surface area contributed by atoms with Gasteiger partial charge in [0.05, 0.1) is 25.7 Å². The molecule has 1 N–H and O–H groups in total. The second-order valence-corrected chi connectivity index (χ2v) is 10.2. The van der Waals surface area contributed by atoms with E-state index < -0.39 is 23.8 Å². The van der Waals surface area contributed by atoms with Crippen molar-refractivity contribution in [2.75, 3.05) is 14.2 Å². The van der Waals surface area contributed by atoms with Crippen molar-refractivity contribution in [1.29, 1.82) is 0 Å². The molecule has 1 aromatic carbocycles. The van der Waals surface area contributed by atoms with E-state index in [0.29, 0.717) is 29.0 Å². The number of rotatable bonds is 6. The molecule has 3 atom stereocenters. The number of hydrogen-bond acceptors (Lipinski definition) is 8. The quantitative estimate of drug-likeness (QED) is 0.469. The van der Waals surface area contributed by atoms with E-state index in [2.05, 4.69) is 5.32 Å². The maximum Gasteiger partial charge on any atom is 0.337 e. The third-order valence-electron chi connectivity index (χ3n) is 6.54. The van der Waals surface area contributed by atoms with Crippen molar-refractivity contribution in [3.05, 3.63) is 74.3 Å². The largest absolute Gasteiger partial charge is 0.497 e. The van der Waals surface area contributed by atoms with Crippen LogP contribution in [0.25, 0.3) is 0 Å². The van der Waals surface area contributed by atoms with E-state index in [9.17, 15) is 14.4 Å². The Kier molecular flexibility index (Phi) is 7.12. The monoisotopic (exact) mass is 495 g/mol. The number of esters is 2. The van der Waals surface area contributed by atoms with Crippen LogP contribution in [-0.2, 0) is 30.5 Å². The van der Waals surface area contributed by atoms with Crippen molar-refractivity contribution >= 4 is 29.1 Å². The summed E-state index contributed by atoms with van der Waals surface area (Å²) in [6, 6.07) is 11.2. The lowest BCUT2D eigenvalue weighted by Crippen LogP contribution is -2.43. The van der Waals surface area contributed by atoms with Gasteiger partial charge in [-0.15, -0.1) is 11.3 Å². The highest BCUT2D eigenvalue weighted by molar-refractivity contribution is 7.12. The molecule has 35 heavy (non-hydrogen) atoms. The summed E-state index contributed by atoms with van der Waals surface area (Å²) in [6.45, 7) is 5.75. The first kappa shape index (κ1) is 24.7. The Morgan fingerprint density at radius 3 is 2.40 bits per heavy atom. The Morgan fingerprint density at radius 2 is 1.80 bits per heavy atom. The average molecular weight is 496 g/mol. The van der Waals surface area contributed by atoms with E-state index in [0.717, 1.165) is 21.0 Å². The number of nitrogens with one attached hydrogen (secondary N) is 1. The first-order valence-electron chi connectivity index (χ1n) is 11.4. The second-order valence-electron chi connectivity index (χ2n) is 8.91. The third-order valence-corrected chi connectivity index (χ3v) is 7.60. The molecular formula is C27H29NO6S. The van der Waals surface area contributed by atoms with Gasteiger partial charge in [-0.1, -0.05) is 19.1 Å². The molecule has 8 heteroatoms. The summed E-state index contributed by atoms with van der Waals surface area (Å²) in [6.07, 6.45) is 0.507. The van der Waals surface area contributed by atoms with E-state index in [1.54, 1.807) is 19.2 Å². The number of carbonyl (C=O) groups is 3. The molecule has 0 amide bonds. The Labute approximate surface area is 208 Å². The average Bonchev–Trinajstić information content (AvgIpc) is 3.27. The van der Waals surface area contributed by atoms with E-state index in [1.165, 1.54) is 18.4 Å². The fraction of sp³-hybridized carbons (Fsp3) is 0.370. The van der Waals surface area contributed by atoms with Gasteiger partial charge in [-0.25, -0.2) is 4.79 Å². The van der Waals surface area contributed by atoms with Crippen LogP contribution in [0.4, 0.5) is 0 Å². The molecule has 1 aliphatic carbocycles. The summed E-state index contributed by atoms with van der Waals surface area (Å²) in [5, 5.41) is 3.28. The fourth-order valence-corrected chi connectivity index (χ4v) is 5.79. The number of allylic oxidation sites excluding steroid dienone is 3. The predicted octanol–water partition coefficient (Wildman–Crippen LogP) is 4.42. The fourth-order valence-electron chi connectivity index (χ4n) is 4.79. The molecule has 0 radical (unpaired) electrons. The number of hydrogen-bond donors (Lipinski definition) is 1. The number of thiophene rings is 1. The van der Waals surface area contributed by atoms with Crippen LogP contribution in [0.5, 0.6) is 5.75 Å². The standard InChI is InChI=1S/C27H29NO6S/c1-14-12-19-23(25(29)21(14)26(30)33-5)24(20-11-6-15(2)35-20)22(16(3)28-19)27(31)34-13-17-7-9-18(32-4)10-8-17/h6-11,14,21,24,28H,12-13H2,1-5H3. The highest BCUT2D eigenvalue weighted by atomic mass is 32.1. The van der Waals surface area contributed by atoms with Crippen LogP contribution in [0, 0.1) is 18.8 Å². The lowest BCUT2D eigenvalue weighted by Gasteiger charge is -2.37. The first-order chi connectivity index (χ1) is 16.7. The summed E-state index contributed by atoms with van der Waals surface area (Å²) in [7, 11) is 2.88. The lowest BCUT2D eigenvalue weighted by atomic mass is 9.70.